The second-order valence-corrected chi connectivity index (χ2v) is 5.63. The van der Waals surface area contributed by atoms with Gasteiger partial charge < -0.3 is 28.6 Å². The van der Waals surface area contributed by atoms with Crippen LogP contribution in [-0.2, 0) is 23.7 Å². The van der Waals surface area contributed by atoms with E-state index in [4.69, 9.17) is 23.7 Å². The van der Waals surface area contributed by atoms with E-state index in [1.165, 1.54) is 0 Å². The number of hydrogen-bond donors (Lipinski definition) is 0. The van der Waals surface area contributed by atoms with Crippen molar-refractivity contribution in [2.24, 2.45) is 0 Å². The lowest BCUT2D eigenvalue weighted by Crippen LogP contribution is -2.19. The van der Waals surface area contributed by atoms with Crippen LogP contribution in [0.25, 0.3) is 0 Å². The summed E-state index contributed by atoms with van der Waals surface area (Å²) in [5.41, 5.74) is 0. The van der Waals surface area contributed by atoms with E-state index < -0.39 is 0 Å². The van der Waals surface area contributed by atoms with E-state index in [0.717, 1.165) is 24.2 Å². The Hall–Kier alpha value is 0.490. The summed E-state index contributed by atoms with van der Waals surface area (Å²) in [6.45, 7) is 7.36. The first kappa shape index (κ1) is 21.5. The second kappa shape index (κ2) is 18.5. The molecule has 0 atom stereocenters. The summed E-state index contributed by atoms with van der Waals surface area (Å²) >= 11 is 2.28. The number of rotatable bonds is 17. The third-order valence-electron chi connectivity index (χ3n) is 2.39. The van der Waals surface area contributed by atoms with Gasteiger partial charge in [0.1, 0.15) is 0 Å². The predicted octanol–water partition coefficient (Wildman–Crippen LogP) is 1.07. The predicted molar refractivity (Wildman–Crippen MR) is 91.5 cm³/mol. The summed E-state index contributed by atoms with van der Waals surface area (Å²) in [5, 5.41) is 0. The molecule has 128 valence electrons. The van der Waals surface area contributed by atoms with E-state index in [0.29, 0.717) is 52.9 Å². The Balaban J connectivity index is 2.93. The van der Waals surface area contributed by atoms with Gasteiger partial charge in [0.25, 0.3) is 0 Å². The molecular formula is C14H30INO5. The van der Waals surface area contributed by atoms with E-state index in [1.807, 2.05) is 14.1 Å². The monoisotopic (exact) mass is 419 g/mol. The molecule has 0 amide bonds. The molecule has 0 heterocycles. The molecule has 0 unspecified atom stereocenters. The van der Waals surface area contributed by atoms with Crippen molar-refractivity contribution in [1.29, 1.82) is 0 Å². The molecule has 0 aromatic rings. The zero-order chi connectivity index (χ0) is 15.6. The summed E-state index contributed by atoms with van der Waals surface area (Å²) in [4.78, 5) is 2.09. The van der Waals surface area contributed by atoms with E-state index >= 15 is 0 Å². The maximum absolute atomic E-state index is 5.40. The first-order valence-electron chi connectivity index (χ1n) is 7.36. The molecule has 0 radical (unpaired) electrons. The number of alkyl halides is 1. The van der Waals surface area contributed by atoms with E-state index in [9.17, 15) is 0 Å². The molecule has 0 aliphatic rings. The van der Waals surface area contributed by atoms with Crippen molar-refractivity contribution >= 4 is 22.6 Å². The van der Waals surface area contributed by atoms with Crippen LogP contribution in [0.2, 0.25) is 0 Å². The zero-order valence-electron chi connectivity index (χ0n) is 13.4. The largest absolute Gasteiger partial charge is 0.378 e. The molecule has 0 fully saturated rings. The molecule has 0 aliphatic carbocycles. The fraction of sp³-hybridized carbons (Fsp3) is 1.00. The number of ether oxygens (including phenoxy) is 5. The number of likely N-dealkylation sites (N-methyl/N-ethyl adjacent to an activating group) is 1. The minimum absolute atomic E-state index is 0.590. The Morgan fingerprint density at radius 1 is 0.571 bits per heavy atom. The minimum Gasteiger partial charge on any atom is -0.378 e. The Bertz CT molecular complexity index is 198. The third-order valence-corrected chi connectivity index (χ3v) is 2.83. The van der Waals surface area contributed by atoms with Crippen molar-refractivity contribution in [3.8, 4) is 0 Å². The molecule has 0 aromatic carbocycles. The highest BCUT2D eigenvalue weighted by Crippen LogP contribution is 1.85. The maximum Gasteiger partial charge on any atom is 0.0701 e. The Kier molecular flexibility index (Phi) is 19.0. The van der Waals surface area contributed by atoms with Gasteiger partial charge in [-0.3, -0.25) is 0 Å². The molecule has 7 heteroatoms. The van der Waals surface area contributed by atoms with Crippen molar-refractivity contribution < 1.29 is 23.7 Å². The average molecular weight is 419 g/mol. The summed E-state index contributed by atoms with van der Waals surface area (Å²) in [7, 11) is 4.05. The summed E-state index contributed by atoms with van der Waals surface area (Å²) in [5.74, 6) is 0. The number of nitrogens with zero attached hydrogens (tertiary/aromatic N) is 1. The van der Waals surface area contributed by atoms with Crippen LogP contribution in [0.4, 0.5) is 0 Å². The van der Waals surface area contributed by atoms with Crippen molar-refractivity contribution in [1.82, 2.24) is 4.90 Å². The van der Waals surface area contributed by atoms with Gasteiger partial charge in [-0.25, -0.2) is 0 Å². The van der Waals surface area contributed by atoms with Gasteiger partial charge in [-0.05, 0) is 14.1 Å². The Morgan fingerprint density at radius 3 is 1.24 bits per heavy atom. The molecule has 0 bridgehead atoms. The van der Waals surface area contributed by atoms with Crippen LogP contribution < -0.4 is 0 Å². The molecule has 21 heavy (non-hydrogen) atoms. The topological polar surface area (TPSA) is 49.4 Å². The SMILES string of the molecule is CN(C)CCOCCOCCOCCOCCOCCI. The number of halogens is 1. The van der Waals surface area contributed by atoms with Crippen LogP contribution in [0.15, 0.2) is 0 Å². The quantitative estimate of drug-likeness (QED) is 0.200. The lowest BCUT2D eigenvalue weighted by molar-refractivity contribution is -0.0107. The van der Waals surface area contributed by atoms with Crippen molar-refractivity contribution in [3.63, 3.8) is 0 Å². The molecule has 0 saturated heterocycles. The molecule has 0 aliphatic heterocycles. The summed E-state index contributed by atoms with van der Waals surface area (Å²) < 4.78 is 27.8. The van der Waals surface area contributed by atoms with E-state index in [2.05, 4.69) is 27.5 Å². The summed E-state index contributed by atoms with van der Waals surface area (Å²) in [6.07, 6.45) is 0. The molecular weight excluding hydrogens is 389 g/mol. The molecule has 0 N–H and O–H groups in total. The molecule has 6 nitrogen and oxygen atoms in total. The van der Waals surface area contributed by atoms with Crippen LogP contribution in [0, 0.1) is 0 Å². The first-order valence-corrected chi connectivity index (χ1v) is 8.89. The highest BCUT2D eigenvalue weighted by atomic mass is 127. The van der Waals surface area contributed by atoms with E-state index in [1.54, 1.807) is 0 Å². The van der Waals surface area contributed by atoms with Crippen LogP contribution in [0.1, 0.15) is 0 Å². The average Bonchev–Trinajstić information content (AvgIpc) is 2.46. The van der Waals surface area contributed by atoms with Crippen LogP contribution in [0.3, 0.4) is 0 Å². The van der Waals surface area contributed by atoms with Crippen LogP contribution in [0.5, 0.6) is 0 Å². The van der Waals surface area contributed by atoms with Gasteiger partial charge in [-0.2, -0.15) is 0 Å². The third kappa shape index (κ3) is 20.5. The molecule has 0 rings (SSSR count). The lowest BCUT2D eigenvalue weighted by Gasteiger charge is -2.10. The lowest BCUT2D eigenvalue weighted by atomic mass is 10.6. The second-order valence-electron chi connectivity index (χ2n) is 4.55. The zero-order valence-corrected chi connectivity index (χ0v) is 15.5. The normalized spacial score (nSPS) is 11.4. The maximum atomic E-state index is 5.40. The summed E-state index contributed by atoms with van der Waals surface area (Å²) in [6, 6.07) is 0. The van der Waals surface area contributed by atoms with Gasteiger partial charge in [-0.1, -0.05) is 22.6 Å². The Morgan fingerprint density at radius 2 is 0.905 bits per heavy atom. The Labute approximate surface area is 142 Å². The first-order chi connectivity index (χ1) is 10.3. The smallest absolute Gasteiger partial charge is 0.0701 e. The van der Waals surface area contributed by atoms with Gasteiger partial charge in [-0.15, -0.1) is 0 Å². The highest BCUT2D eigenvalue weighted by Gasteiger charge is 1.94. The van der Waals surface area contributed by atoms with Gasteiger partial charge >= 0.3 is 0 Å². The molecule has 0 saturated carbocycles. The van der Waals surface area contributed by atoms with Gasteiger partial charge in [0.2, 0.25) is 0 Å². The van der Waals surface area contributed by atoms with Crippen LogP contribution >= 0.6 is 22.6 Å². The van der Waals surface area contributed by atoms with Crippen molar-refractivity contribution in [3.05, 3.63) is 0 Å². The number of hydrogen-bond acceptors (Lipinski definition) is 6. The standard InChI is InChI=1S/C14H30INO5/c1-16(2)4-6-18-8-10-20-12-14-21-13-11-19-9-7-17-5-3-15/h3-14H2,1-2H3. The van der Waals surface area contributed by atoms with Gasteiger partial charge in [0.15, 0.2) is 0 Å². The fourth-order valence-corrected chi connectivity index (χ4v) is 1.59. The van der Waals surface area contributed by atoms with E-state index in [-0.39, 0.29) is 0 Å². The highest BCUT2D eigenvalue weighted by molar-refractivity contribution is 14.1. The van der Waals surface area contributed by atoms with Crippen molar-refractivity contribution in [2.75, 3.05) is 91.1 Å². The molecule has 0 spiro atoms. The van der Waals surface area contributed by atoms with Crippen LogP contribution in [-0.4, -0.2) is 96.0 Å². The van der Waals surface area contributed by atoms with Gasteiger partial charge in [0.05, 0.1) is 66.1 Å². The van der Waals surface area contributed by atoms with Crippen molar-refractivity contribution in [2.45, 2.75) is 0 Å². The fourth-order valence-electron chi connectivity index (χ4n) is 1.28. The molecule has 0 aromatic heterocycles. The minimum atomic E-state index is 0.590. The van der Waals surface area contributed by atoms with Gasteiger partial charge in [0, 0.05) is 11.0 Å².